The molecule has 0 unspecified atom stereocenters. The van der Waals surface area contributed by atoms with Gasteiger partial charge in [-0.3, -0.25) is 4.98 Å². The van der Waals surface area contributed by atoms with Gasteiger partial charge in [-0.15, -0.1) is 48.0 Å². The third-order valence-corrected chi connectivity index (χ3v) is 7.76. The zero-order valence-corrected chi connectivity index (χ0v) is 25.8. The van der Waals surface area contributed by atoms with Gasteiger partial charge in [-0.2, -0.15) is 10.2 Å². The average molecular weight is 763 g/mol. The van der Waals surface area contributed by atoms with E-state index in [-0.39, 0.29) is 21.1 Å². The van der Waals surface area contributed by atoms with Crippen molar-refractivity contribution >= 4 is 32.9 Å². The first kappa shape index (κ1) is 27.0. The second-order valence-electron chi connectivity index (χ2n) is 10.4. The van der Waals surface area contributed by atoms with Gasteiger partial charge in [-0.25, -0.2) is 9.36 Å². The van der Waals surface area contributed by atoms with Crippen molar-refractivity contribution in [2.75, 3.05) is 0 Å². The van der Waals surface area contributed by atoms with E-state index >= 15 is 0 Å². The molecule has 0 aliphatic rings. The van der Waals surface area contributed by atoms with E-state index in [0.29, 0.717) is 11.5 Å². The molecule has 0 aliphatic heterocycles. The Kier molecular flexibility index (Phi) is 6.50. The minimum Gasteiger partial charge on any atom is -0.481 e. The fourth-order valence-corrected chi connectivity index (χ4v) is 5.72. The number of hydrogen-bond acceptors (Lipinski definition) is 5. The Morgan fingerprint density at radius 3 is 2.24 bits per heavy atom. The van der Waals surface area contributed by atoms with E-state index in [1.807, 2.05) is 83.8 Å². The fourth-order valence-electron chi connectivity index (χ4n) is 5.72. The summed E-state index contributed by atoms with van der Waals surface area (Å²) in [7, 11) is 0. The molecule has 0 amide bonds. The van der Waals surface area contributed by atoms with Gasteiger partial charge in [0.15, 0.2) is 0 Å². The fraction of sp³-hybridized carbons (Fsp3) is 0. The maximum Gasteiger partial charge on any atom is 2.00 e. The summed E-state index contributed by atoms with van der Waals surface area (Å²) in [5.74, 6) is 0.500. The molecule has 5 aromatic heterocycles. The van der Waals surface area contributed by atoms with Crippen LogP contribution in [0, 0.1) is 12.1 Å². The van der Waals surface area contributed by atoms with Crippen molar-refractivity contribution in [1.29, 1.82) is 0 Å². The SMILES string of the molecule is [Pt+2].[c-]1c(-c2ccccn2)cccc1-n1c2[c-]c(-c3nc4cc(-n5cccn5)ccc4o3)ccc2c2cc(-n3cccn3)ccc21. The maximum absolute atomic E-state index is 6.23. The molecule has 9 heteroatoms. The number of fused-ring (bicyclic) bond motifs is 4. The van der Waals surface area contributed by atoms with Crippen LogP contribution >= 0.6 is 0 Å². The van der Waals surface area contributed by atoms with Gasteiger partial charge in [0.2, 0.25) is 0 Å². The Hall–Kier alpha value is -5.59. The maximum atomic E-state index is 6.23. The first-order valence-electron chi connectivity index (χ1n) is 14.1. The zero-order valence-electron chi connectivity index (χ0n) is 23.5. The Morgan fingerprint density at radius 1 is 0.644 bits per heavy atom. The molecule has 0 saturated heterocycles. The van der Waals surface area contributed by atoms with Gasteiger partial charge in [0.1, 0.15) is 11.5 Å². The molecule has 0 aliphatic carbocycles. The van der Waals surface area contributed by atoms with E-state index in [4.69, 9.17) is 9.40 Å². The second-order valence-corrected chi connectivity index (χ2v) is 10.4. The van der Waals surface area contributed by atoms with Crippen LogP contribution < -0.4 is 0 Å². The van der Waals surface area contributed by atoms with E-state index in [1.54, 1.807) is 23.3 Å². The number of benzene rings is 4. The van der Waals surface area contributed by atoms with Crippen LogP contribution in [-0.4, -0.2) is 34.1 Å². The number of rotatable bonds is 5. The van der Waals surface area contributed by atoms with Crippen LogP contribution in [0.15, 0.2) is 132 Å². The Balaban J connectivity index is 0.00000300. The molecule has 0 N–H and O–H groups in total. The summed E-state index contributed by atoms with van der Waals surface area (Å²) in [5, 5.41) is 10.9. The standard InChI is InChI=1S/C36H21N7O.Pt/c1-2-15-37-31(8-1)24-6-3-7-28(20-24)43-33-13-10-26(41-18-4-16-38-41)22-30(33)29-12-9-25(21-34(29)43)36-40-32-23-27(11-14-35(32)44-36)42-19-5-17-39-42;/h1-19,22-23H;/q-2;+2. The molecular weight excluding hydrogens is 742 g/mol. The third-order valence-electron chi connectivity index (χ3n) is 7.76. The topological polar surface area (TPSA) is 79.5 Å². The summed E-state index contributed by atoms with van der Waals surface area (Å²) in [4.78, 5) is 9.39. The summed E-state index contributed by atoms with van der Waals surface area (Å²) in [6, 6.07) is 39.4. The molecule has 0 atom stereocenters. The third kappa shape index (κ3) is 4.58. The predicted octanol–water partition coefficient (Wildman–Crippen LogP) is 7.62. The molecule has 4 aromatic carbocycles. The average Bonchev–Trinajstić information content (AvgIpc) is 3.90. The van der Waals surface area contributed by atoms with E-state index < -0.39 is 0 Å². The van der Waals surface area contributed by atoms with E-state index in [0.717, 1.165) is 61.2 Å². The largest absolute Gasteiger partial charge is 2.00 e. The number of pyridine rings is 1. The number of oxazole rings is 1. The number of hydrogen-bond donors (Lipinski definition) is 0. The smallest absolute Gasteiger partial charge is 0.481 e. The van der Waals surface area contributed by atoms with Crippen molar-refractivity contribution in [3.8, 4) is 39.8 Å². The van der Waals surface area contributed by atoms with Crippen LogP contribution in [-0.2, 0) is 21.1 Å². The normalized spacial score (nSPS) is 11.4. The first-order valence-corrected chi connectivity index (χ1v) is 14.1. The summed E-state index contributed by atoms with van der Waals surface area (Å²) in [6.07, 6.45) is 9.18. The minimum absolute atomic E-state index is 0. The molecule has 216 valence electrons. The molecule has 0 radical (unpaired) electrons. The van der Waals surface area contributed by atoms with Crippen LogP contribution in [0.4, 0.5) is 0 Å². The second kappa shape index (κ2) is 10.8. The summed E-state index contributed by atoms with van der Waals surface area (Å²) < 4.78 is 12.1. The summed E-state index contributed by atoms with van der Waals surface area (Å²) in [6.45, 7) is 0. The Labute approximate surface area is 271 Å². The molecule has 0 bridgehead atoms. The Morgan fingerprint density at radius 2 is 1.47 bits per heavy atom. The molecule has 8 nitrogen and oxygen atoms in total. The van der Waals surface area contributed by atoms with Gasteiger partial charge < -0.3 is 14.0 Å². The molecular formula is C36H21N7OPt. The Bertz CT molecular complexity index is 2440. The quantitative estimate of drug-likeness (QED) is 0.169. The van der Waals surface area contributed by atoms with Crippen molar-refractivity contribution in [2.45, 2.75) is 0 Å². The van der Waals surface area contributed by atoms with Crippen molar-refractivity contribution < 1.29 is 25.5 Å². The predicted molar refractivity (Wildman–Crippen MR) is 169 cm³/mol. The summed E-state index contributed by atoms with van der Waals surface area (Å²) >= 11 is 0. The van der Waals surface area contributed by atoms with Crippen LogP contribution in [0.2, 0.25) is 0 Å². The van der Waals surface area contributed by atoms with Crippen LogP contribution in [0.25, 0.3) is 72.7 Å². The van der Waals surface area contributed by atoms with Gasteiger partial charge in [0.05, 0.1) is 16.9 Å². The van der Waals surface area contributed by atoms with Gasteiger partial charge in [0, 0.05) is 36.5 Å². The molecule has 45 heavy (non-hydrogen) atoms. The van der Waals surface area contributed by atoms with Crippen molar-refractivity contribution in [3.05, 3.63) is 140 Å². The van der Waals surface area contributed by atoms with E-state index in [2.05, 4.69) is 62.2 Å². The zero-order chi connectivity index (χ0) is 29.0. The van der Waals surface area contributed by atoms with Crippen molar-refractivity contribution in [2.24, 2.45) is 0 Å². The van der Waals surface area contributed by atoms with Crippen molar-refractivity contribution in [1.82, 2.24) is 34.1 Å². The summed E-state index contributed by atoms with van der Waals surface area (Å²) in [5.41, 5.74) is 8.68. The molecule has 0 saturated carbocycles. The van der Waals surface area contributed by atoms with Gasteiger partial charge >= 0.3 is 21.1 Å². The van der Waals surface area contributed by atoms with Gasteiger partial charge in [-0.05, 0) is 76.9 Å². The number of nitrogens with zero attached hydrogens (tertiary/aromatic N) is 7. The molecule has 9 aromatic rings. The van der Waals surface area contributed by atoms with Crippen LogP contribution in [0.3, 0.4) is 0 Å². The monoisotopic (exact) mass is 762 g/mol. The van der Waals surface area contributed by atoms with Gasteiger partial charge in [0.25, 0.3) is 0 Å². The molecule has 0 fully saturated rings. The van der Waals surface area contributed by atoms with Crippen LogP contribution in [0.1, 0.15) is 0 Å². The van der Waals surface area contributed by atoms with E-state index in [9.17, 15) is 0 Å². The molecule has 9 rings (SSSR count). The molecule has 0 spiro atoms. The van der Waals surface area contributed by atoms with Crippen LogP contribution in [0.5, 0.6) is 0 Å². The van der Waals surface area contributed by atoms with E-state index in [1.165, 1.54) is 0 Å². The van der Waals surface area contributed by atoms with Crippen molar-refractivity contribution in [3.63, 3.8) is 0 Å². The minimum atomic E-state index is 0. The van der Waals surface area contributed by atoms with Gasteiger partial charge in [-0.1, -0.05) is 23.1 Å². The number of aromatic nitrogens is 7. The first-order chi connectivity index (χ1) is 21.8. The molecule has 5 heterocycles.